The average Bonchev–Trinajstić information content (AvgIpc) is 3.17. The molecule has 0 aromatic carbocycles. The second-order valence-corrected chi connectivity index (χ2v) is 6.41. The molecule has 108 valence electrons. The Kier molecular flexibility index (Phi) is 4.12. The van der Waals surface area contributed by atoms with E-state index in [1.165, 1.54) is 0 Å². The number of carbonyl (C=O) groups is 1. The highest BCUT2D eigenvalue weighted by molar-refractivity contribution is 7.13. The maximum atomic E-state index is 11.8. The predicted octanol–water partition coefficient (Wildman–Crippen LogP) is 3.03. The lowest BCUT2D eigenvalue weighted by atomic mass is 10.3. The molecule has 3 heterocycles. The highest BCUT2D eigenvalue weighted by Crippen LogP contribution is 2.27. The smallest absolute Gasteiger partial charge is 0.258 e. The Morgan fingerprint density at radius 2 is 2.19 bits per heavy atom. The molecule has 0 aliphatic carbocycles. The first-order chi connectivity index (χ1) is 10.2. The van der Waals surface area contributed by atoms with Crippen LogP contribution >= 0.6 is 22.7 Å². The number of hydrogen-bond acceptors (Lipinski definition) is 6. The summed E-state index contributed by atoms with van der Waals surface area (Å²) >= 11 is 3.16. The van der Waals surface area contributed by atoms with Crippen LogP contribution in [0.4, 0.5) is 0 Å². The third-order valence-corrected chi connectivity index (χ3v) is 4.76. The van der Waals surface area contributed by atoms with E-state index in [-0.39, 0.29) is 12.3 Å². The van der Waals surface area contributed by atoms with Crippen LogP contribution in [-0.2, 0) is 17.8 Å². The minimum absolute atomic E-state index is 0.1000. The van der Waals surface area contributed by atoms with Gasteiger partial charge in [0.25, 0.3) is 5.89 Å². The molecule has 7 heteroatoms. The molecular weight excluding hydrogens is 306 g/mol. The summed E-state index contributed by atoms with van der Waals surface area (Å²) in [5, 5.41) is 14.7. The van der Waals surface area contributed by atoms with Gasteiger partial charge >= 0.3 is 0 Å². The number of nitrogens with zero attached hydrogens (tertiary/aromatic N) is 2. The number of carbonyl (C=O) groups excluding carboxylic acids is 1. The Balaban J connectivity index is 1.59. The molecule has 0 saturated carbocycles. The van der Waals surface area contributed by atoms with Gasteiger partial charge in [0.1, 0.15) is 6.42 Å². The first kappa shape index (κ1) is 14.0. The molecule has 0 aliphatic heterocycles. The number of aromatic nitrogens is 2. The summed E-state index contributed by atoms with van der Waals surface area (Å²) in [7, 11) is 0. The van der Waals surface area contributed by atoms with Gasteiger partial charge in [-0.2, -0.15) is 0 Å². The second-order valence-electron chi connectivity index (χ2n) is 4.47. The largest absolute Gasteiger partial charge is 0.419 e. The van der Waals surface area contributed by atoms with Crippen LogP contribution in [0.2, 0.25) is 0 Å². The molecule has 1 amide bonds. The lowest BCUT2D eigenvalue weighted by Gasteiger charge is -2.00. The normalized spacial score (nSPS) is 10.7. The fraction of sp³-hybridized carbons (Fsp3) is 0.214. The summed E-state index contributed by atoms with van der Waals surface area (Å²) in [5.74, 6) is 0.687. The topological polar surface area (TPSA) is 68.0 Å². The van der Waals surface area contributed by atoms with Gasteiger partial charge in [-0.05, 0) is 35.4 Å². The molecule has 1 N–H and O–H groups in total. The SMILES string of the molecule is Cc1ccsc1-c1nnc(CC(=O)NCc2cccs2)o1. The van der Waals surface area contributed by atoms with Crippen LogP contribution in [-0.4, -0.2) is 16.1 Å². The van der Waals surface area contributed by atoms with Crippen LogP contribution in [0, 0.1) is 6.92 Å². The highest BCUT2D eigenvalue weighted by atomic mass is 32.1. The van der Waals surface area contributed by atoms with Crippen molar-refractivity contribution >= 4 is 28.6 Å². The standard InChI is InChI=1S/C14H13N3O2S2/c1-9-4-6-21-13(9)14-17-16-12(19-14)7-11(18)15-8-10-3-2-5-20-10/h2-6H,7-8H2,1H3,(H,15,18). The lowest BCUT2D eigenvalue weighted by Crippen LogP contribution is -2.24. The fourth-order valence-electron chi connectivity index (χ4n) is 1.81. The minimum Gasteiger partial charge on any atom is -0.419 e. The van der Waals surface area contributed by atoms with Crippen LogP contribution in [0.5, 0.6) is 0 Å². The molecule has 0 atom stereocenters. The Bertz CT molecular complexity index is 731. The summed E-state index contributed by atoms with van der Waals surface area (Å²) in [5.41, 5.74) is 1.09. The van der Waals surface area contributed by atoms with Crippen LogP contribution in [0.1, 0.15) is 16.3 Å². The summed E-state index contributed by atoms with van der Waals surface area (Å²) in [4.78, 5) is 13.9. The van der Waals surface area contributed by atoms with Crippen molar-refractivity contribution in [3.05, 3.63) is 45.3 Å². The van der Waals surface area contributed by atoms with Crippen molar-refractivity contribution in [2.75, 3.05) is 0 Å². The molecule has 3 aromatic rings. The van der Waals surface area contributed by atoms with Gasteiger partial charge in [-0.15, -0.1) is 32.9 Å². The van der Waals surface area contributed by atoms with Crippen LogP contribution < -0.4 is 5.32 Å². The van der Waals surface area contributed by atoms with Gasteiger partial charge in [0.2, 0.25) is 11.8 Å². The molecular formula is C14H13N3O2S2. The molecule has 3 rings (SSSR count). The molecule has 0 fully saturated rings. The number of amides is 1. The van der Waals surface area contributed by atoms with Gasteiger partial charge in [0, 0.05) is 4.88 Å². The number of aryl methyl sites for hydroxylation is 1. The summed E-state index contributed by atoms with van der Waals surface area (Å²) in [6.07, 6.45) is 0.1000. The molecule has 0 saturated heterocycles. The molecule has 3 aromatic heterocycles. The molecule has 0 aliphatic rings. The highest BCUT2D eigenvalue weighted by Gasteiger charge is 2.14. The van der Waals surface area contributed by atoms with Gasteiger partial charge in [-0.1, -0.05) is 6.07 Å². The van der Waals surface area contributed by atoms with Crippen molar-refractivity contribution in [3.8, 4) is 10.8 Å². The zero-order valence-corrected chi connectivity index (χ0v) is 13.0. The minimum atomic E-state index is -0.124. The number of thiophene rings is 2. The lowest BCUT2D eigenvalue weighted by molar-refractivity contribution is -0.120. The van der Waals surface area contributed by atoms with E-state index in [1.807, 2.05) is 35.9 Å². The quantitative estimate of drug-likeness (QED) is 0.785. The first-order valence-electron chi connectivity index (χ1n) is 6.38. The van der Waals surface area contributed by atoms with Crippen LogP contribution in [0.25, 0.3) is 10.8 Å². The van der Waals surface area contributed by atoms with Gasteiger partial charge in [0.05, 0.1) is 11.4 Å². The fourth-order valence-corrected chi connectivity index (χ4v) is 3.30. The Labute approximate surface area is 129 Å². The Morgan fingerprint density at radius 3 is 2.90 bits per heavy atom. The van der Waals surface area contributed by atoms with E-state index >= 15 is 0 Å². The van der Waals surface area contributed by atoms with E-state index in [4.69, 9.17) is 4.42 Å². The van der Waals surface area contributed by atoms with E-state index in [0.29, 0.717) is 18.3 Å². The van der Waals surface area contributed by atoms with Crippen LogP contribution in [0.3, 0.4) is 0 Å². The monoisotopic (exact) mass is 319 g/mol. The Morgan fingerprint density at radius 1 is 1.29 bits per heavy atom. The predicted molar refractivity (Wildman–Crippen MR) is 82.2 cm³/mol. The molecule has 0 spiro atoms. The second kappa shape index (κ2) is 6.19. The summed E-state index contributed by atoms with van der Waals surface area (Å²) in [6.45, 7) is 2.52. The van der Waals surface area contributed by atoms with Crippen molar-refractivity contribution in [3.63, 3.8) is 0 Å². The number of hydrogen-bond donors (Lipinski definition) is 1. The molecule has 0 radical (unpaired) electrons. The molecule has 21 heavy (non-hydrogen) atoms. The summed E-state index contributed by atoms with van der Waals surface area (Å²) < 4.78 is 5.55. The molecule has 5 nitrogen and oxygen atoms in total. The van der Waals surface area contributed by atoms with Gasteiger partial charge < -0.3 is 9.73 Å². The van der Waals surface area contributed by atoms with Crippen molar-refractivity contribution in [1.29, 1.82) is 0 Å². The number of nitrogens with one attached hydrogen (secondary N) is 1. The third kappa shape index (κ3) is 3.37. The summed E-state index contributed by atoms with van der Waals surface area (Å²) in [6, 6.07) is 5.94. The van der Waals surface area contributed by atoms with Crippen LogP contribution in [0.15, 0.2) is 33.4 Å². The number of rotatable bonds is 5. The van der Waals surface area contributed by atoms with Gasteiger partial charge in [-0.25, -0.2) is 0 Å². The van der Waals surface area contributed by atoms with Gasteiger partial charge in [-0.3, -0.25) is 4.79 Å². The molecule has 0 unspecified atom stereocenters. The zero-order valence-electron chi connectivity index (χ0n) is 11.3. The zero-order chi connectivity index (χ0) is 14.7. The third-order valence-electron chi connectivity index (χ3n) is 2.87. The van der Waals surface area contributed by atoms with E-state index in [2.05, 4.69) is 15.5 Å². The van der Waals surface area contributed by atoms with Crippen molar-refractivity contribution in [1.82, 2.24) is 15.5 Å². The molecule has 0 bridgehead atoms. The van der Waals surface area contributed by atoms with E-state index in [0.717, 1.165) is 15.3 Å². The average molecular weight is 319 g/mol. The van der Waals surface area contributed by atoms with E-state index < -0.39 is 0 Å². The van der Waals surface area contributed by atoms with E-state index in [9.17, 15) is 4.79 Å². The Hall–Kier alpha value is -1.99. The first-order valence-corrected chi connectivity index (χ1v) is 8.14. The van der Waals surface area contributed by atoms with Crippen molar-refractivity contribution in [2.24, 2.45) is 0 Å². The maximum Gasteiger partial charge on any atom is 0.258 e. The van der Waals surface area contributed by atoms with E-state index in [1.54, 1.807) is 22.7 Å². The maximum absolute atomic E-state index is 11.8. The van der Waals surface area contributed by atoms with Gasteiger partial charge in [0.15, 0.2) is 0 Å². The van der Waals surface area contributed by atoms with Crippen molar-refractivity contribution in [2.45, 2.75) is 19.9 Å². The van der Waals surface area contributed by atoms with Crippen molar-refractivity contribution < 1.29 is 9.21 Å².